The first-order chi connectivity index (χ1) is 10.7. The van der Waals surface area contributed by atoms with Crippen molar-refractivity contribution in [3.05, 3.63) is 66.2 Å². The molecule has 0 saturated carbocycles. The molecule has 0 saturated heterocycles. The minimum Gasteiger partial charge on any atom is -0.365 e. The van der Waals surface area contributed by atoms with E-state index in [9.17, 15) is 4.79 Å². The first kappa shape index (κ1) is 16.1. The molecule has 1 N–H and O–H groups in total. The topological polar surface area (TPSA) is 32.3 Å². The molecule has 3 nitrogen and oxygen atoms in total. The molecule has 0 spiro atoms. The summed E-state index contributed by atoms with van der Waals surface area (Å²) in [5.74, 6) is 0.424. The van der Waals surface area contributed by atoms with Gasteiger partial charge in [-0.1, -0.05) is 55.5 Å². The lowest BCUT2D eigenvalue weighted by Gasteiger charge is -2.20. The molecule has 0 fully saturated rings. The van der Waals surface area contributed by atoms with Crippen LogP contribution in [0.2, 0.25) is 0 Å². The molecular weight excluding hydrogens is 272 g/mol. The molecule has 0 aliphatic carbocycles. The monoisotopic (exact) mass is 296 g/mol. The number of benzene rings is 2. The molecule has 116 valence electrons. The van der Waals surface area contributed by atoms with E-state index in [0.717, 1.165) is 12.1 Å². The summed E-state index contributed by atoms with van der Waals surface area (Å²) in [6.07, 6.45) is 1.01. The summed E-state index contributed by atoms with van der Waals surface area (Å²) in [6.45, 7) is 3.21. The Morgan fingerprint density at radius 3 is 2.23 bits per heavy atom. The number of rotatable bonds is 7. The highest BCUT2D eigenvalue weighted by atomic mass is 16.2. The number of carbonyl (C=O) groups excluding carboxylic acids is 1. The van der Waals surface area contributed by atoms with Crippen molar-refractivity contribution in [1.82, 2.24) is 5.32 Å². The Morgan fingerprint density at radius 2 is 1.64 bits per heavy atom. The molecule has 3 heteroatoms. The van der Waals surface area contributed by atoms with Crippen molar-refractivity contribution in [3.63, 3.8) is 0 Å². The van der Waals surface area contributed by atoms with E-state index < -0.39 is 0 Å². The van der Waals surface area contributed by atoms with Gasteiger partial charge in [-0.15, -0.1) is 0 Å². The van der Waals surface area contributed by atoms with Gasteiger partial charge in [0.05, 0.1) is 6.54 Å². The molecule has 0 aromatic heterocycles. The minimum absolute atomic E-state index is 0.0562. The second-order valence-corrected chi connectivity index (χ2v) is 5.51. The average molecular weight is 296 g/mol. The number of hydrogen-bond acceptors (Lipinski definition) is 2. The van der Waals surface area contributed by atoms with Crippen molar-refractivity contribution >= 4 is 11.6 Å². The Labute approximate surface area is 133 Å². The normalized spacial score (nSPS) is 11.7. The van der Waals surface area contributed by atoms with Crippen molar-refractivity contribution < 1.29 is 4.79 Å². The third-order valence-corrected chi connectivity index (χ3v) is 3.89. The summed E-state index contributed by atoms with van der Waals surface area (Å²) in [7, 11) is 1.93. The van der Waals surface area contributed by atoms with E-state index in [4.69, 9.17) is 0 Å². The van der Waals surface area contributed by atoms with Gasteiger partial charge in [-0.3, -0.25) is 4.79 Å². The highest BCUT2D eigenvalue weighted by Gasteiger charge is 2.12. The zero-order valence-electron chi connectivity index (χ0n) is 13.3. The summed E-state index contributed by atoms with van der Waals surface area (Å²) >= 11 is 0. The van der Waals surface area contributed by atoms with Crippen molar-refractivity contribution in [1.29, 1.82) is 0 Å². The van der Waals surface area contributed by atoms with Crippen LogP contribution in [0.25, 0.3) is 0 Å². The van der Waals surface area contributed by atoms with Crippen LogP contribution in [0.3, 0.4) is 0 Å². The molecule has 2 aromatic carbocycles. The zero-order valence-corrected chi connectivity index (χ0v) is 13.3. The van der Waals surface area contributed by atoms with Crippen LogP contribution in [0.15, 0.2) is 60.7 Å². The molecule has 0 radical (unpaired) electrons. The highest BCUT2D eigenvalue weighted by molar-refractivity contribution is 5.81. The van der Waals surface area contributed by atoms with Gasteiger partial charge in [0.15, 0.2) is 0 Å². The van der Waals surface area contributed by atoms with E-state index in [1.165, 1.54) is 5.56 Å². The predicted molar refractivity (Wildman–Crippen MR) is 92.2 cm³/mol. The Balaban J connectivity index is 1.84. The average Bonchev–Trinajstić information content (AvgIpc) is 2.57. The molecule has 22 heavy (non-hydrogen) atoms. The molecule has 1 amide bonds. The van der Waals surface area contributed by atoms with E-state index >= 15 is 0 Å². The summed E-state index contributed by atoms with van der Waals surface area (Å²) in [5, 5.41) is 3.05. The lowest BCUT2D eigenvalue weighted by molar-refractivity contribution is -0.119. The fourth-order valence-corrected chi connectivity index (χ4v) is 2.51. The first-order valence-corrected chi connectivity index (χ1v) is 7.78. The SMILES string of the molecule is CCC(CNC(=O)CN(C)c1ccccc1)c1ccccc1. The lowest BCUT2D eigenvalue weighted by Crippen LogP contribution is -2.37. The van der Waals surface area contributed by atoms with Crippen molar-refractivity contribution in [2.45, 2.75) is 19.3 Å². The number of carbonyl (C=O) groups is 1. The van der Waals surface area contributed by atoms with Gasteiger partial charge in [-0.2, -0.15) is 0 Å². The standard InChI is InChI=1S/C19H24N2O/c1-3-16(17-10-6-4-7-11-17)14-20-19(22)15-21(2)18-12-8-5-9-13-18/h4-13,16H,3,14-15H2,1-2H3,(H,20,22). The number of nitrogens with zero attached hydrogens (tertiary/aromatic N) is 1. The molecular formula is C19H24N2O. The predicted octanol–water partition coefficient (Wildman–Crippen LogP) is 3.43. The third kappa shape index (κ3) is 4.62. The summed E-state index contributed by atoms with van der Waals surface area (Å²) in [4.78, 5) is 14.1. The van der Waals surface area contributed by atoms with E-state index in [-0.39, 0.29) is 5.91 Å². The number of nitrogens with one attached hydrogen (secondary N) is 1. The third-order valence-electron chi connectivity index (χ3n) is 3.89. The van der Waals surface area contributed by atoms with Crippen LogP contribution in [0.1, 0.15) is 24.8 Å². The van der Waals surface area contributed by atoms with Crippen molar-refractivity contribution in [2.75, 3.05) is 25.0 Å². The van der Waals surface area contributed by atoms with Crippen molar-refractivity contribution in [3.8, 4) is 0 Å². The lowest BCUT2D eigenvalue weighted by atomic mass is 9.96. The number of hydrogen-bond donors (Lipinski definition) is 1. The van der Waals surface area contributed by atoms with Gasteiger partial charge in [0.25, 0.3) is 0 Å². The van der Waals surface area contributed by atoms with Gasteiger partial charge in [0.1, 0.15) is 0 Å². The minimum atomic E-state index is 0.0562. The summed E-state index contributed by atoms with van der Waals surface area (Å²) in [6, 6.07) is 20.3. The van der Waals surface area contributed by atoms with Crippen molar-refractivity contribution in [2.24, 2.45) is 0 Å². The van der Waals surface area contributed by atoms with Crippen LogP contribution in [-0.2, 0) is 4.79 Å². The fraction of sp³-hybridized carbons (Fsp3) is 0.316. The molecule has 2 aromatic rings. The Bertz CT molecular complexity index is 569. The maximum Gasteiger partial charge on any atom is 0.239 e. The van der Waals surface area contributed by atoms with Crippen LogP contribution in [0.5, 0.6) is 0 Å². The first-order valence-electron chi connectivity index (χ1n) is 7.78. The maximum absolute atomic E-state index is 12.1. The quantitative estimate of drug-likeness (QED) is 0.849. The maximum atomic E-state index is 12.1. The molecule has 0 aliphatic rings. The van der Waals surface area contributed by atoms with Gasteiger partial charge < -0.3 is 10.2 Å². The Hall–Kier alpha value is -2.29. The fourth-order valence-electron chi connectivity index (χ4n) is 2.51. The van der Waals surface area contributed by atoms with Gasteiger partial charge in [-0.05, 0) is 24.1 Å². The second kappa shape index (κ2) is 8.23. The Morgan fingerprint density at radius 1 is 1.05 bits per heavy atom. The number of likely N-dealkylation sites (N-methyl/N-ethyl adjacent to an activating group) is 1. The number of anilines is 1. The Kier molecular flexibility index (Phi) is 6.01. The van der Waals surface area contributed by atoms with E-state index in [2.05, 4.69) is 24.4 Å². The summed E-state index contributed by atoms with van der Waals surface area (Å²) < 4.78 is 0. The van der Waals surface area contributed by atoms with Gasteiger partial charge >= 0.3 is 0 Å². The van der Waals surface area contributed by atoms with Crippen LogP contribution in [0, 0.1) is 0 Å². The van der Waals surface area contributed by atoms with Crippen LogP contribution in [-0.4, -0.2) is 26.0 Å². The molecule has 1 atom stereocenters. The largest absolute Gasteiger partial charge is 0.365 e. The van der Waals surface area contributed by atoms with Gasteiger partial charge in [-0.25, -0.2) is 0 Å². The van der Waals surface area contributed by atoms with Crippen LogP contribution >= 0.6 is 0 Å². The van der Waals surface area contributed by atoms with E-state index in [0.29, 0.717) is 19.0 Å². The van der Waals surface area contributed by atoms with Gasteiger partial charge in [0, 0.05) is 25.2 Å². The highest BCUT2D eigenvalue weighted by Crippen LogP contribution is 2.18. The van der Waals surface area contributed by atoms with Crippen LogP contribution < -0.4 is 10.2 Å². The molecule has 2 rings (SSSR count). The zero-order chi connectivity index (χ0) is 15.8. The summed E-state index contributed by atoms with van der Waals surface area (Å²) in [5.41, 5.74) is 2.33. The van der Waals surface area contributed by atoms with Gasteiger partial charge in [0.2, 0.25) is 5.91 Å². The molecule has 0 heterocycles. The molecule has 0 aliphatic heterocycles. The second-order valence-electron chi connectivity index (χ2n) is 5.51. The van der Waals surface area contributed by atoms with E-state index in [1.54, 1.807) is 0 Å². The number of para-hydroxylation sites is 1. The molecule has 0 bridgehead atoms. The smallest absolute Gasteiger partial charge is 0.239 e. The molecule has 1 unspecified atom stereocenters. The van der Waals surface area contributed by atoms with Crippen LogP contribution in [0.4, 0.5) is 5.69 Å². The number of amides is 1. The van der Waals surface area contributed by atoms with E-state index in [1.807, 2.05) is 60.5 Å².